The minimum atomic E-state index is -0.402. The molecule has 0 radical (unpaired) electrons. The van der Waals surface area contributed by atoms with Gasteiger partial charge < -0.3 is 32.0 Å². The van der Waals surface area contributed by atoms with Crippen LogP contribution >= 0.6 is 0 Å². The van der Waals surface area contributed by atoms with E-state index in [1.165, 1.54) is 56.3 Å². The van der Waals surface area contributed by atoms with Crippen LogP contribution in [0.1, 0.15) is 40.2 Å². The summed E-state index contributed by atoms with van der Waals surface area (Å²) in [6.07, 6.45) is 2.59. The Morgan fingerprint density at radius 2 is 1.63 bits per heavy atom. The van der Waals surface area contributed by atoms with Crippen molar-refractivity contribution >= 4 is 17.3 Å². The number of hydrogen-bond acceptors (Lipinski definition) is 6. The number of carbonyl (C=O) groups is 1. The Balaban J connectivity index is 0.000000365. The molecule has 1 saturated heterocycles. The van der Waals surface area contributed by atoms with Gasteiger partial charge in [0.1, 0.15) is 17.5 Å². The standard InChI is InChI=1S/C25H29FN6O.C6H6FN/c1-15-22(14-28-8-11-32-9-2-3-10-32)31-24(30-15)19-7-6-17(20-13-29-25(33)23(19)20)18-5-4-16(27)12-21(18)26;7-5-1-3-6(8)4-2-5/h4-7,12,28H,2-3,8-11,13-14,27H2,1H3,(H,29,33)(H,30,31);1-4H,8H2. The van der Waals surface area contributed by atoms with E-state index in [4.69, 9.17) is 16.5 Å². The number of nitrogens with two attached hydrogens (primary N) is 2. The molecule has 3 heterocycles. The fourth-order valence-corrected chi connectivity index (χ4v) is 5.26. The number of imidazole rings is 1. The van der Waals surface area contributed by atoms with Gasteiger partial charge >= 0.3 is 0 Å². The van der Waals surface area contributed by atoms with Gasteiger partial charge in [-0.15, -0.1) is 0 Å². The minimum Gasteiger partial charge on any atom is -0.399 e. The van der Waals surface area contributed by atoms with Crippen LogP contribution in [0.15, 0.2) is 54.6 Å². The number of H-pyrrole nitrogens is 1. The molecule has 8 nitrogen and oxygen atoms in total. The lowest BCUT2D eigenvalue weighted by Crippen LogP contribution is -2.29. The number of nitrogen functional groups attached to an aromatic ring is 2. The Morgan fingerprint density at radius 3 is 2.34 bits per heavy atom. The molecule has 41 heavy (non-hydrogen) atoms. The second-order valence-electron chi connectivity index (χ2n) is 10.4. The Bertz CT molecular complexity index is 1510. The summed E-state index contributed by atoms with van der Waals surface area (Å²) in [7, 11) is 0. The fraction of sp³-hybridized carbons (Fsp3) is 0.290. The molecule has 0 bridgehead atoms. The lowest BCUT2D eigenvalue weighted by atomic mass is 9.92. The van der Waals surface area contributed by atoms with Crippen molar-refractivity contribution in [2.75, 3.05) is 37.6 Å². The zero-order valence-corrected chi connectivity index (χ0v) is 23.1. The third kappa shape index (κ3) is 6.55. The van der Waals surface area contributed by atoms with Crippen LogP contribution < -0.4 is 22.1 Å². The van der Waals surface area contributed by atoms with Crippen molar-refractivity contribution in [1.82, 2.24) is 25.5 Å². The first-order chi connectivity index (χ1) is 19.8. The quantitative estimate of drug-likeness (QED) is 0.166. The van der Waals surface area contributed by atoms with Crippen molar-refractivity contribution in [1.29, 1.82) is 0 Å². The Hall–Kier alpha value is -4.28. The van der Waals surface area contributed by atoms with Gasteiger partial charge in [-0.1, -0.05) is 6.07 Å². The average Bonchev–Trinajstić information content (AvgIpc) is 3.70. The molecule has 10 heteroatoms. The number of amides is 1. The van der Waals surface area contributed by atoms with Crippen molar-refractivity contribution in [3.63, 3.8) is 0 Å². The molecule has 2 aliphatic heterocycles. The van der Waals surface area contributed by atoms with Gasteiger partial charge in [0.2, 0.25) is 0 Å². The van der Waals surface area contributed by atoms with Crippen molar-refractivity contribution < 1.29 is 13.6 Å². The number of halogens is 2. The van der Waals surface area contributed by atoms with E-state index < -0.39 is 5.82 Å². The van der Waals surface area contributed by atoms with E-state index in [1.807, 2.05) is 19.1 Å². The monoisotopic (exact) mass is 559 g/mol. The number of nitrogens with one attached hydrogen (secondary N) is 3. The number of fused-ring (bicyclic) bond motifs is 1. The van der Waals surface area contributed by atoms with Crippen molar-refractivity contribution in [3.8, 4) is 22.5 Å². The van der Waals surface area contributed by atoms with E-state index in [2.05, 4.69) is 20.5 Å². The predicted molar refractivity (Wildman–Crippen MR) is 158 cm³/mol. The van der Waals surface area contributed by atoms with Crippen LogP contribution in [-0.4, -0.2) is 47.0 Å². The highest BCUT2D eigenvalue weighted by Crippen LogP contribution is 2.36. The molecule has 0 unspecified atom stereocenters. The van der Waals surface area contributed by atoms with Crippen molar-refractivity contribution in [2.45, 2.75) is 32.9 Å². The SMILES string of the molecule is Cc1nc(-c2ccc(-c3ccc(N)cc3F)c3c2C(=O)NC3)[nH]c1CNCCN1CCCC1.Nc1ccc(F)cc1. The van der Waals surface area contributed by atoms with Gasteiger partial charge in [0, 0.05) is 48.7 Å². The molecule has 214 valence electrons. The van der Waals surface area contributed by atoms with Crippen LogP contribution in [0.2, 0.25) is 0 Å². The van der Waals surface area contributed by atoms with Gasteiger partial charge in [-0.2, -0.15) is 0 Å². The summed E-state index contributed by atoms with van der Waals surface area (Å²) < 4.78 is 26.6. The topological polar surface area (TPSA) is 125 Å². The molecule has 6 rings (SSSR count). The van der Waals surface area contributed by atoms with E-state index in [1.54, 1.807) is 12.1 Å². The van der Waals surface area contributed by atoms with Crippen molar-refractivity contribution in [2.24, 2.45) is 0 Å². The summed E-state index contributed by atoms with van der Waals surface area (Å²) in [6.45, 7) is 7.37. The number of likely N-dealkylation sites (tertiary alicyclic amines) is 1. The van der Waals surface area contributed by atoms with E-state index >= 15 is 0 Å². The zero-order valence-electron chi connectivity index (χ0n) is 23.1. The smallest absolute Gasteiger partial charge is 0.252 e. The van der Waals surface area contributed by atoms with Crippen LogP contribution in [0.25, 0.3) is 22.5 Å². The fourth-order valence-electron chi connectivity index (χ4n) is 5.26. The maximum Gasteiger partial charge on any atom is 0.252 e. The first kappa shape index (κ1) is 28.3. The predicted octanol–water partition coefficient (Wildman–Crippen LogP) is 4.61. The van der Waals surface area contributed by atoms with Gasteiger partial charge in [-0.3, -0.25) is 4.79 Å². The molecule has 7 N–H and O–H groups in total. The third-order valence-electron chi connectivity index (χ3n) is 7.46. The number of aromatic amines is 1. The highest BCUT2D eigenvalue weighted by Gasteiger charge is 2.28. The Morgan fingerprint density at radius 1 is 0.951 bits per heavy atom. The number of aromatic nitrogens is 2. The van der Waals surface area contributed by atoms with Gasteiger partial charge in [-0.05, 0) is 92.5 Å². The maximum atomic E-state index is 14.6. The third-order valence-corrected chi connectivity index (χ3v) is 7.46. The molecule has 0 saturated carbocycles. The summed E-state index contributed by atoms with van der Waals surface area (Å²) in [5.41, 5.74) is 17.0. The van der Waals surface area contributed by atoms with Crippen LogP contribution in [0.4, 0.5) is 20.2 Å². The number of aryl methyl sites for hydroxylation is 1. The minimum absolute atomic E-state index is 0.169. The zero-order chi connectivity index (χ0) is 28.9. The number of rotatable bonds is 7. The number of nitrogens with zero attached hydrogens (tertiary/aromatic N) is 2. The van der Waals surface area contributed by atoms with Gasteiger partial charge in [0.05, 0.1) is 17.0 Å². The largest absolute Gasteiger partial charge is 0.399 e. The van der Waals surface area contributed by atoms with Crippen LogP contribution in [-0.2, 0) is 13.1 Å². The first-order valence-electron chi connectivity index (χ1n) is 13.8. The lowest BCUT2D eigenvalue weighted by Gasteiger charge is -2.14. The summed E-state index contributed by atoms with van der Waals surface area (Å²) >= 11 is 0. The maximum absolute atomic E-state index is 14.6. The highest BCUT2D eigenvalue weighted by atomic mass is 19.1. The van der Waals surface area contributed by atoms with E-state index in [0.29, 0.717) is 47.0 Å². The van der Waals surface area contributed by atoms with Crippen LogP contribution in [0.5, 0.6) is 0 Å². The number of benzene rings is 3. The molecule has 2 aliphatic rings. The van der Waals surface area contributed by atoms with Gasteiger partial charge in [0.25, 0.3) is 5.91 Å². The molecular formula is C31H35F2N7O. The Labute approximate surface area is 238 Å². The summed E-state index contributed by atoms with van der Waals surface area (Å²) in [5.74, 6) is -0.168. The summed E-state index contributed by atoms with van der Waals surface area (Å²) in [4.78, 5) is 23.3. The lowest BCUT2D eigenvalue weighted by molar-refractivity contribution is 0.0966. The molecule has 0 aliphatic carbocycles. The van der Waals surface area contributed by atoms with E-state index in [-0.39, 0.29) is 11.7 Å². The molecule has 1 aromatic heterocycles. The van der Waals surface area contributed by atoms with Crippen LogP contribution in [0.3, 0.4) is 0 Å². The normalized spacial score (nSPS) is 14.5. The van der Waals surface area contributed by atoms with Gasteiger partial charge in [-0.25, -0.2) is 13.8 Å². The molecule has 1 fully saturated rings. The molecule has 4 aromatic rings. The number of hydrogen-bond donors (Lipinski definition) is 5. The number of anilines is 2. The highest BCUT2D eigenvalue weighted by molar-refractivity contribution is 6.06. The van der Waals surface area contributed by atoms with Crippen LogP contribution in [0, 0.1) is 18.6 Å². The second kappa shape index (κ2) is 12.5. The molecular weight excluding hydrogens is 524 g/mol. The molecule has 0 spiro atoms. The van der Waals surface area contributed by atoms with Crippen molar-refractivity contribution in [3.05, 3.63) is 88.7 Å². The van der Waals surface area contributed by atoms with E-state index in [0.717, 1.165) is 35.6 Å². The molecule has 3 aromatic carbocycles. The summed E-state index contributed by atoms with van der Waals surface area (Å²) in [5, 5.41) is 6.37. The summed E-state index contributed by atoms with van der Waals surface area (Å²) in [6, 6.07) is 14.0. The molecule has 1 amide bonds. The second-order valence-corrected chi connectivity index (χ2v) is 10.4. The average molecular weight is 560 g/mol. The first-order valence-corrected chi connectivity index (χ1v) is 13.8. The number of carbonyl (C=O) groups excluding carboxylic acids is 1. The van der Waals surface area contributed by atoms with E-state index in [9.17, 15) is 13.6 Å². The van der Waals surface area contributed by atoms with Gasteiger partial charge in [0.15, 0.2) is 0 Å². The molecule has 0 atom stereocenters. The Kier molecular flexibility index (Phi) is 8.61.